The maximum absolute atomic E-state index is 12.0. The van der Waals surface area contributed by atoms with Gasteiger partial charge in [-0.05, 0) is 60.0 Å². The van der Waals surface area contributed by atoms with Crippen molar-refractivity contribution in [3.8, 4) is 5.75 Å². The van der Waals surface area contributed by atoms with Crippen LogP contribution in [0.15, 0.2) is 72.9 Å². The fraction of sp³-hybridized carbons (Fsp3) is 0.130. The maximum atomic E-state index is 12.0. The Morgan fingerprint density at radius 3 is 2.48 bits per heavy atom. The highest BCUT2D eigenvalue weighted by Crippen LogP contribution is 2.14. The lowest BCUT2D eigenvalue weighted by molar-refractivity contribution is -0.111. The Labute approximate surface area is 175 Å². The van der Waals surface area contributed by atoms with Crippen LogP contribution in [0.2, 0.25) is 5.02 Å². The first-order valence-corrected chi connectivity index (χ1v) is 9.58. The van der Waals surface area contributed by atoms with Crippen LogP contribution in [0.4, 0.5) is 11.5 Å². The van der Waals surface area contributed by atoms with Crippen LogP contribution in [0.25, 0.3) is 6.08 Å². The van der Waals surface area contributed by atoms with E-state index >= 15 is 0 Å². The number of amides is 1. The number of benzene rings is 2. The molecule has 6 heteroatoms. The molecule has 3 aromatic rings. The van der Waals surface area contributed by atoms with Gasteiger partial charge in [0.05, 0.1) is 19.0 Å². The van der Waals surface area contributed by atoms with Crippen molar-refractivity contribution in [2.24, 2.45) is 0 Å². The first kappa shape index (κ1) is 20.4. The number of carbonyl (C=O) groups excluding carboxylic acids is 1. The van der Waals surface area contributed by atoms with Gasteiger partial charge in [0.15, 0.2) is 0 Å². The Kier molecular flexibility index (Phi) is 7.25. The van der Waals surface area contributed by atoms with Crippen molar-refractivity contribution in [2.75, 3.05) is 24.3 Å². The van der Waals surface area contributed by atoms with Crippen molar-refractivity contribution >= 4 is 35.1 Å². The number of nitrogens with one attached hydrogen (secondary N) is 2. The number of hydrogen-bond donors (Lipinski definition) is 2. The highest BCUT2D eigenvalue weighted by molar-refractivity contribution is 6.30. The second-order valence-corrected chi connectivity index (χ2v) is 6.77. The highest BCUT2D eigenvalue weighted by Gasteiger charge is 2.00. The number of nitrogens with zero attached hydrogens (tertiary/aromatic N) is 1. The van der Waals surface area contributed by atoms with Crippen molar-refractivity contribution in [3.63, 3.8) is 0 Å². The zero-order valence-corrected chi connectivity index (χ0v) is 16.8. The molecule has 0 radical (unpaired) electrons. The monoisotopic (exact) mass is 407 g/mol. The summed E-state index contributed by atoms with van der Waals surface area (Å²) in [5.74, 6) is 1.39. The Balaban J connectivity index is 1.45. The van der Waals surface area contributed by atoms with E-state index in [1.165, 1.54) is 11.6 Å². The fourth-order valence-corrected chi connectivity index (χ4v) is 2.76. The Morgan fingerprint density at radius 1 is 1.07 bits per heavy atom. The zero-order valence-electron chi connectivity index (χ0n) is 16.1. The predicted molar refractivity (Wildman–Crippen MR) is 119 cm³/mol. The number of anilines is 2. The van der Waals surface area contributed by atoms with Gasteiger partial charge in [0, 0.05) is 17.6 Å². The topological polar surface area (TPSA) is 63.2 Å². The second kappa shape index (κ2) is 10.3. The molecule has 2 N–H and O–H groups in total. The molecule has 0 aliphatic rings. The van der Waals surface area contributed by atoms with Crippen molar-refractivity contribution < 1.29 is 9.53 Å². The van der Waals surface area contributed by atoms with E-state index in [1.54, 1.807) is 31.5 Å². The van der Waals surface area contributed by atoms with Gasteiger partial charge in [-0.1, -0.05) is 35.9 Å². The molecular weight excluding hydrogens is 386 g/mol. The van der Waals surface area contributed by atoms with E-state index < -0.39 is 0 Å². The number of hydrogen-bond acceptors (Lipinski definition) is 4. The smallest absolute Gasteiger partial charge is 0.248 e. The average molecular weight is 408 g/mol. The number of halogens is 1. The van der Waals surface area contributed by atoms with E-state index in [2.05, 4.69) is 15.6 Å². The van der Waals surface area contributed by atoms with E-state index in [9.17, 15) is 4.79 Å². The molecule has 0 saturated carbocycles. The van der Waals surface area contributed by atoms with E-state index in [0.29, 0.717) is 10.7 Å². The van der Waals surface area contributed by atoms with Crippen LogP contribution < -0.4 is 15.4 Å². The van der Waals surface area contributed by atoms with Crippen LogP contribution in [0.5, 0.6) is 5.75 Å². The molecule has 0 fully saturated rings. The Morgan fingerprint density at radius 2 is 1.83 bits per heavy atom. The second-order valence-electron chi connectivity index (χ2n) is 6.33. The van der Waals surface area contributed by atoms with Crippen molar-refractivity contribution in [3.05, 3.63) is 89.1 Å². The van der Waals surface area contributed by atoms with Crippen LogP contribution in [-0.4, -0.2) is 24.5 Å². The summed E-state index contributed by atoms with van der Waals surface area (Å²) in [5, 5.41) is 6.73. The zero-order chi connectivity index (χ0) is 20.5. The first-order chi connectivity index (χ1) is 14.1. The molecule has 0 unspecified atom stereocenters. The fourth-order valence-electron chi connectivity index (χ4n) is 2.63. The van der Waals surface area contributed by atoms with Gasteiger partial charge in [0.2, 0.25) is 5.91 Å². The summed E-state index contributed by atoms with van der Waals surface area (Å²) in [6, 6.07) is 18.9. The minimum Gasteiger partial charge on any atom is -0.497 e. The molecule has 2 aromatic carbocycles. The molecule has 1 heterocycles. The summed E-state index contributed by atoms with van der Waals surface area (Å²) in [7, 11) is 1.66. The van der Waals surface area contributed by atoms with Gasteiger partial charge in [-0.15, -0.1) is 0 Å². The molecule has 29 heavy (non-hydrogen) atoms. The van der Waals surface area contributed by atoms with Gasteiger partial charge < -0.3 is 15.4 Å². The van der Waals surface area contributed by atoms with Crippen LogP contribution in [0, 0.1) is 0 Å². The number of methoxy groups -OCH3 is 1. The number of ether oxygens (including phenoxy) is 1. The third-order valence-corrected chi connectivity index (χ3v) is 4.46. The van der Waals surface area contributed by atoms with Gasteiger partial charge in [-0.25, -0.2) is 4.98 Å². The normalized spacial score (nSPS) is 10.7. The lowest BCUT2D eigenvalue weighted by Gasteiger charge is -2.08. The molecule has 0 aliphatic carbocycles. The standard InChI is InChI=1S/C23H22ClN3O2/c1-29-21-10-4-18(5-11-21)14-15-25-22-12-9-20(16-26-22)27-23(28)13-6-17-2-7-19(24)8-3-17/h2-13,16H,14-15H2,1H3,(H,25,26)(H,27,28)/b13-6+. The lowest BCUT2D eigenvalue weighted by Crippen LogP contribution is -2.09. The molecule has 1 amide bonds. The van der Waals surface area contributed by atoms with E-state index in [4.69, 9.17) is 16.3 Å². The first-order valence-electron chi connectivity index (χ1n) is 9.20. The number of carbonyl (C=O) groups is 1. The van der Waals surface area contributed by atoms with Crippen LogP contribution in [-0.2, 0) is 11.2 Å². The average Bonchev–Trinajstić information content (AvgIpc) is 2.75. The molecular formula is C23H22ClN3O2. The van der Waals surface area contributed by atoms with Gasteiger partial charge >= 0.3 is 0 Å². The minimum atomic E-state index is -0.220. The molecule has 5 nitrogen and oxygen atoms in total. The summed E-state index contributed by atoms with van der Waals surface area (Å²) < 4.78 is 5.16. The van der Waals surface area contributed by atoms with E-state index in [1.807, 2.05) is 48.5 Å². The Hall–Kier alpha value is -3.31. The van der Waals surface area contributed by atoms with Crippen molar-refractivity contribution in [1.29, 1.82) is 0 Å². The molecule has 1 aromatic heterocycles. The third-order valence-electron chi connectivity index (χ3n) is 4.21. The van der Waals surface area contributed by atoms with Gasteiger partial charge in [0.25, 0.3) is 0 Å². The van der Waals surface area contributed by atoms with Crippen LogP contribution >= 0.6 is 11.6 Å². The molecule has 0 spiro atoms. The molecule has 0 saturated heterocycles. The summed E-state index contributed by atoms with van der Waals surface area (Å²) in [4.78, 5) is 16.4. The SMILES string of the molecule is COc1ccc(CCNc2ccc(NC(=O)/C=C/c3ccc(Cl)cc3)cn2)cc1. The highest BCUT2D eigenvalue weighted by atomic mass is 35.5. The van der Waals surface area contributed by atoms with E-state index in [-0.39, 0.29) is 5.91 Å². The third kappa shape index (κ3) is 6.66. The predicted octanol–water partition coefficient (Wildman–Crippen LogP) is 5.05. The lowest BCUT2D eigenvalue weighted by atomic mass is 10.1. The van der Waals surface area contributed by atoms with Gasteiger partial charge in [0.1, 0.15) is 11.6 Å². The number of aromatic nitrogens is 1. The summed E-state index contributed by atoms with van der Waals surface area (Å²) in [6.07, 6.45) is 5.71. The quantitative estimate of drug-likeness (QED) is 0.513. The van der Waals surface area contributed by atoms with Crippen molar-refractivity contribution in [2.45, 2.75) is 6.42 Å². The number of rotatable bonds is 8. The molecule has 148 valence electrons. The number of pyridine rings is 1. The molecule has 0 atom stereocenters. The van der Waals surface area contributed by atoms with E-state index in [0.717, 1.165) is 30.1 Å². The van der Waals surface area contributed by atoms with Crippen molar-refractivity contribution in [1.82, 2.24) is 4.98 Å². The summed E-state index contributed by atoms with van der Waals surface area (Å²) in [5.41, 5.74) is 2.75. The Bertz CT molecular complexity index is 953. The van der Waals surface area contributed by atoms with Gasteiger partial charge in [-0.3, -0.25) is 4.79 Å². The molecule has 3 rings (SSSR count). The summed E-state index contributed by atoms with van der Waals surface area (Å²) in [6.45, 7) is 0.759. The largest absolute Gasteiger partial charge is 0.497 e. The minimum absolute atomic E-state index is 0.220. The van der Waals surface area contributed by atoms with Crippen LogP contribution in [0.3, 0.4) is 0 Å². The summed E-state index contributed by atoms with van der Waals surface area (Å²) >= 11 is 5.85. The molecule has 0 bridgehead atoms. The molecule has 0 aliphatic heterocycles. The van der Waals surface area contributed by atoms with Crippen LogP contribution in [0.1, 0.15) is 11.1 Å². The maximum Gasteiger partial charge on any atom is 0.248 e. The van der Waals surface area contributed by atoms with Gasteiger partial charge in [-0.2, -0.15) is 0 Å².